The summed E-state index contributed by atoms with van der Waals surface area (Å²) in [6.45, 7) is 14.6. The molecule has 2 aromatic carbocycles. The molecule has 1 heterocycles. The third-order valence-electron chi connectivity index (χ3n) is 14.4. The van der Waals surface area contributed by atoms with Crippen LogP contribution in [0.1, 0.15) is 137 Å². The molecule has 3 aromatic rings. The number of carboxylic acid groups (broad SMARTS) is 1. The summed E-state index contributed by atoms with van der Waals surface area (Å²) >= 11 is 0. The SMILES string of the molecule is CC[C@H](C)[C@H](NC(=O)[C@H](CCC(N)=O)NC(=O)[C@H](Cc1c[nH]c2ccccc12)NC(=O)[C@H](CCC(N)=O)NC(=O)[C@H](CC(C)C)NC(=O)[C@H](CC(C)C)NC(=O)[C@@H](N)Cc1ccccc1)C(=O)N[C@@H](CCCCN)C(=O)N[C@@H](CC(C)C)C(=O)O. The van der Waals surface area contributed by atoms with Crippen LogP contribution in [0.2, 0.25) is 0 Å². The van der Waals surface area contributed by atoms with Crippen molar-refractivity contribution < 1.29 is 57.8 Å². The first kappa shape index (κ1) is 71.3. The molecule has 25 heteroatoms. The number of fused-ring (bicyclic) bond motifs is 1. The van der Waals surface area contributed by atoms with Gasteiger partial charge in [0, 0.05) is 36.4 Å². The van der Waals surface area contributed by atoms with Crippen LogP contribution in [0.15, 0.2) is 60.8 Å². The van der Waals surface area contributed by atoms with Gasteiger partial charge in [-0.05, 0) is 105 Å². The van der Waals surface area contributed by atoms with E-state index in [9.17, 15) is 57.8 Å². The van der Waals surface area contributed by atoms with Gasteiger partial charge in [0.25, 0.3) is 0 Å². The third kappa shape index (κ3) is 25.1. The standard InChI is InChI=1S/C60H93N13O12/c1-9-36(8)51(59(83)68-42(21-15-16-26-61)53(77)72-48(60(84)85)29-35(6)7)73-55(79)44(23-25-50(64)75)67-58(82)47(31-38-32-65-41-20-14-13-19-39(38)41)71-54(78)43(22-24-49(63)74)66-56(80)46(28-34(4)5)70-57(81)45(27-33(2)3)69-52(76)40(62)30-37-17-11-10-12-18-37/h10-14,17-20,32-36,40,42-48,51,65H,9,15-16,21-31,61-62H2,1-8H3,(H2,63,74)(H2,64,75)(H,66,80)(H,67,82)(H,68,83)(H,69,76)(H,70,81)(H,71,78)(H,72,77)(H,73,79)(H,84,85)/t36-,40-,42-,43-,44-,45-,46-,47-,48-,51-/m0/s1. The zero-order chi connectivity index (χ0) is 63.5. The molecule has 0 bridgehead atoms. The predicted octanol–water partition coefficient (Wildman–Crippen LogP) is 1.09. The smallest absolute Gasteiger partial charge is 0.326 e. The number of carbonyl (C=O) groups is 11. The van der Waals surface area contributed by atoms with Crippen molar-refractivity contribution >= 4 is 75.9 Å². The van der Waals surface area contributed by atoms with E-state index in [1.807, 2.05) is 44.2 Å². The fourth-order valence-corrected chi connectivity index (χ4v) is 9.52. The van der Waals surface area contributed by atoms with E-state index in [4.69, 9.17) is 22.9 Å². The monoisotopic (exact) mass is 1190 g/mol. The molecule has 0 radical (unpaired) electrons. The number of aromatic amines is 1. The van der Waals surface area contributed by atoms with Crippen LogP contribution >= 0.6 is 0 Å². The molecule has 1 aromatic heterocycles. The average molecular weight is 1190 g/mol. The molecule has 0 aliphatic rings. The van der Waals surface area contributed by atoms with Gasteiger partial charge in [-0.2, -0.15) is 0 Å². The number of hydrogen-bond acceptors (Lipinski definition) is 13. The summed E-state index contributed by atoms with van der Waals surface area (Å²) < 4.78 is 0. The number of nitrogens with two attached hydrogens (primary N) is 4. The van der Waals surface area contributed by atoms with Gasteiger partial charge in [-0.15, -0.1) is 0 Å². The summed E-state index contributed by atoms with van der Waals surface area (Å²) in [5, 5.41) is 31.9. The molecule has 85 heavy (non-hydrogen) atoms. The highest BCUT2D eigenvalue weighted by Gasteiger charge is 2.37. The lowest BCUT2D eigenvalue weighted by Gasteiger charge is -2.30. The van der Waals surface area contributed by atoms with Crippen molar-refractivity contribution in [3.63, 3.8) is 0 Å². The number of unbranched alkanes of at least 4 members (excludes halogenated alkanes) is 1. The molecule has 0 saturated carbocycles. The summed E-state index contributed by atoms with van der Waals surface area (Å²) in [5.41, 5.74) is 25.1. The summed E-state index contributed by atoms with van der Waals surface area (Å²) in [5.74, 6) is -10.4. The topological polar surface area (TPSA) is 424 Å². The molecular weight excluding hydrogens is 1090 g/mol. The average Bonchev–Trinajstić information content (AvgIpc) is 4.15. The fraction of sp³-hybridized carbons (Fsp3) is 0.583. The number of hydrogen-bond donors (Lipinski definition) is 14. The number of para-hydroxylation sites is 1. The minimum atomic E-state index is -1.58. The van der Waals surface area contributed by atoms with Crippen LogP contribution < -0.4 is 65.5 Å². The van der Waals surface area contributed by atoms with Crippen LogP contribution in [0.4, 0.5) is 0 Å². The molecule has 0 aliphatic carbocycles. The zero-order valence-corrected chi connectivity index (χ0v) is 50.4. The van der Waals surface area contributed by atoms with Crippen LogP contribution in [0, 0.1) is 23.7 Å². The van der Waals surface area contributed by atoms with Gasteiger partial charge in [0.1, 0.15) is 48.3 Å². The molecule has 0 saturated heterocycles. The van der Waals surface area contributed by atoms with Gasteiger partial charge in [0.2, 0.25) is 59.1 Å². The summed E-state index contributed by atoms with van der Waals surface area (Å²) in [6, 6.07) is 4.32. The van der Waals surface area contributed by atoms with Gasteiger partial charge < -0.3 is 75.6 Å². The van der Waals surface area contributed by atoms with Crippen molar-refractivity contribution in [2.45, 2.75) is 193 Å². The van der Waals surface area contributed by atoms with E-state index < -0.39 is 138 Å². The van der Waals surface area contributed by atoms with E-state index in [2.05, 4.69) is 47.5 Å². The van der Waals surface area contributed by atoms with Crippen LogP contribution in [0.3, 0.4) is 0 Å². The van der Waals surface area contributed by atoms with Crippen LogP contribution in [-0.4, -0.2) is 136 Å². The minimum absolute atomic E-state index is 0.0634. The molecule has 3 rings (SSSR count). The molecule has 0 spiro atoms. The number of H-pyrrole nitrogens is 1. The predicted molar refractivity (Wildman–Crippen MR) is 321 cm³/mol. The maximum Gasteiger partial charge on any atom is 0.326 e. The number of amides is 10. The Morgan fingerprint density at radius 1 is 0.494 bits per heavy atom. The van der Waals surface area contributed by atoms with Gasteiger partial charge in [0.05, 0.1) is 6.04 Å². The van der Waals surface area contributed by atoms with Crippen molar-refractivity contribution in [2.75, 3.05) is 6.54 Å². The highest BCUT2D eigenvalue weighted by molar-refractivity contribution is 5.99. The van der Waals surface area contributed by atoms with Gasteiger partial charge in [0.15, 0.2) is 0 Å². The van der Waals surface area contributed by atoms with E-state index in [1.54, 1.807) is 72.0 Å². The van der Waals surface area contributed by atoms with Crippen molar-refractivity contribution in [1.29, 1.82) is 0 Å². The Hall–Kier alpha value is -7.93. The fourth-order valence-electron chi connectivity index (χ4n) is 9.52. The van der Waals surface area contributed by atoms with Gasteiger partial charge in [-0.25, -0.2) is 4.79 Å². The maximum atomic E-state index is 14.8. The molecule has 18 N–H and O–H groups in total. The number of rotatable bonds is 39. The highest BCUT2D eigenvalue weighted by Crippen LogP contribution is 2.21. The van der Waals surface area contributed by atoms with Crippen LogP contribution in [0.5, 0.6) is 0 Å². The lowest BCUT2D eigenvalue weighted by atomic mass is 9.96. The highest BCUT2D eigenvalue weighted by atomic mass is 16.4. The van der Waals surface area contributed by atoms with Crippen molar-refractivity contribution in [3.05, 3.63) is 71.9 Å². The molecule has 10 atom stereocenters. The third-order valence-corrected chi connectivity index (χ3v) is 14.4. The summed E-state index contributed by atoms with van der Waals surface area (Å²) in [7, 11) is 0. The van der Waals surface area contributed by atoms with E-state index in [0.717, 1.165) is 5.56 Å². The second-order valence-corrected chi connectivity index (χ2v) is 23.2. The molecule has 0 fully saturated rings. The number of carboxylic acids is 1. The molecular formula is C60H93N13O12. The molecule has 470 valence electrons. The van der Waals surface area contributed by atoms with E-state index in [1.165, 1.54) is 0 Å². The number of carbonyl (C=O) groups excluding carboxylic acids is 10. The van der Waals surface area contributed by atoms with E-state index in [-0.39, 0.29) is 75.7 Å². The lowest BCUT2D eigenvalue weighted by Crippen LogP contribution is -2.61. The molecule has 10 amide bonds. The van der Waals surface area contributed by atoms with Crippen molar-refractivity contribution in [2.24, 2.45) is 46.6 Å². The van der Waals surface area contributed by atoms with E-state index in [0.29, 0.717) is 35.7 Å². The lowest BCUT2D eigenvalue weighted by molar-refractivity contribution is -0.143. The number of primary amides is 2. The molecule has 25 nitrogen and oxygen atoms in total. The molecule has 0 unspecified atom stereocenters. The van der Waals surface area contributed by atoms with Gasteiger partial charge in [-0.3, -0.25) is 47.9 Å². The first-order valence-corrected chi connectivity index (χ1v) is 29.4. The second kappa shape index (κ2) is 36.0. The Morgan fingerprint density at radius 2 is 0.918 bits per heavy atom. The van der Waals surface area contributed by atoms with Crippen LogP contribution in [0.25, 0.3) is 10.9 Å². The van der Waals surface area contributed by atoms with E-state index >= 15 is 0 Å². The number of aromatic nitrogens is 1. The minimum Gasteiger partial charge on any atom is -0.480 e. The Bertz CT molecular complexity index is 2720. The Kier molecular flexibility index (Phi) is 30.2. The zero-order valence-electron chi connectivity index (χ0n) is 50.4. The Balaban J connectivity index is 2.01. The first-order valence-electron chi connectivity index (χ1n) is 29.4. The largest absolute Gasteiger partial charge is 0.480 e. The van der Waals surface area contributed by atoms with Gasteiger partial charge in [-0.1, -0.05) is 110 Å². The maximum absolute atomic E-state index is 14.8. The quantitative estimate of drug-likeness (QED) is 0.0356. The normalized spacial score (nSPS) is 14.9. The molecule has 0 aliphatic heterocycles. The Labute approximate surface area is 497 Å². The van der Waals surface area contributed by atoms with Crippen LogP contribution in [-0.2, 0) is 65.6 Å². The van der Waals surface area contributed by atoms with Crippen molar-refractivity contribution in [1.82, 2.24) is 47.5 Å². The van der Waals surface area contributed by atoms with Gasteiger partial charge >= 0.3 is 5.97 Å². The summed E-state index contributed by atoms with van der Waals surface area (Å²) in [4.78, 5) is 154. The number of benzene rings is 2. The first-order chi connectivity index (χ1) is 40.1. The van der Waals surface area contributed by atoms with Crippen molar-refractivity contribution in [3.8, 4) is 0 Å². The number of nitrogens with one attached hydrogen (secondary N) is 9. The Morgan fingerprint density at radius 3 is 1.42 bits per heavy atom. The number of aliphatic carboxylic acids is 1. The second-order valence-electron chi connectivity index (χ2n) is 23.2. The summed E-state index contributed by atoms with van der Waals surface area (Å²) in [6.07, 6.45) is 1.66.